The number of rotatable bonds is 5. The molecule has 0 saturated carbocycles. The number of thioether (sulfide) groups is 1. The summed E-state index contributed by atoms with van der Waals surface area (Å²) in [4.78, 5) is 5.72. The summed E-state index contributed by atoms with van der Waals surface area (Å²) in [5, 5.41) is 6.46. The normalized spacial score (nSPS) is 13.8. The summed E-state index contributed by atoms with van der Waals surface area (Å²) in [6, 6.07) is 14.0. The van der Waals surface area contributed by atoms with E-state index in [4.69, 9.17) is 9.15 Å². The molecule has 0 spiro atoms. The van der Waals surface area contributed by atoms with Gasteiger partial charge in [0.2, 0.25) is 5.89 Å². The number of benzene rings is 2. The van der Waals surface area contributed by atoms with E-state index in [0.29, 0.717) is 11.6 Å². The van der Waals surface area contributed by atoms with Gasteiger partial charge in [0.15, 0.2) is 5.58 Å². The minimum atomic E-state index is 0.672. The van der Waals surface area contributed by atoms with Crippen LogP contribution in [0.15, 0.2) is 56.9 Å². The smallest absolute Gasteiger partial charge is 0.205 e. The average Bonchev–Trinajstić information content (AvgIpc) is 3.28. The van der Waals surface area contributed by atoms with Gasteiger partial charge in [-0.05, 0) is 24.3 Å². The highest BCUT2D eigenvalue weighted by Crippen LogP contribution is 2.34. The fourth-order valence-electron chi connectivity index (χ4n) is 2.65. The molecule has 0 fully saturated rings. The van der Waals surface area contributed by atoms with Gasteiger partial charge in [0.25, 0.3) is 0 Å². The first kappa shape index (κ1) is 15.1. The maximum Gasteiger partial charge on any atom is 0.205 e. The molecule has 0 aliphatic carbocycles. The van der Waals surface area contributed by atoms with Crippen LogP contribution in [-0.2, 0) is 5.75 Å². The number of hydrogen-bond donors (Lipinski definition) is 0. The Labute approximate surface area is 144 Å². The Morgan fingerprint density at radius 2 is 2.17 bits per heavy atom. The van der Waals surface area contributed by atoms with Crippen LogP contribution in [-0.4, -0.2) is 24.9 Å². The van der Waals surface area contributed by atoms with Crippen molar-refractivity contribution in [2.24, 2.45) is 5.10 Å². The van der Waals surface area contributed by atoms with Crippen LogP contribution in [0.25, 0.3) is 11.1 Å². The summed E-state index contributed by atoms with van der Waals surface area (Å²) >= 11 is 1.71. The predicted molar refractivity (Wildman–Crippen MR) is 97.0 cm³/mol. The molecule has 1 aliphatic rings. The molecule has 0 unspecified atom stereocenters. The monoisotopic (exact) mass is 339 g/mol. The summed E-state index contributed by atoms with van der Waals surface area (Å²) in [6.07, 6.45) is 2.95. The summed E-state index contributed by atoms with van der Waals surface area (Å²) in [7, 11) is 1.64. The van der Waals surface area contributed by atoms with Crippen LogP contribution in [0.2, 0.25) is 0 Å². The van der Waals surface area contributed by atoms with Crippen LogP contribution in [0.1, 0.15) is 12.3 Å². The van der Waals surface area contributed by atoms with Crippen molar-refractivity contribution in [1.29, 1.82) is 0 Å². The molecule has 3 aromatic rings. The molecular weight excluding hydrogens is 322 g/mol. The van der Waals surface area contributed by atoms with Gasteiger partial charge in [0, 0.05) is 30.1 Å². The van der Waals surface area contributed by atoms with Crippen molar-refractivity contribution in [3.05, 3.63) is 48.4 Å². The number of hydrogen-bond acceptors (Lipinski definition) is 6. The van der Waals surface area contributed by atoms with Crippen LogP contribution in [0.4, 0.5) is 5.69 Å². The highest BCUT2D eigenvalue weighted by molar-refractivity contribution is 7.98. The molecular formula is C18H17N3O2S. The van der Waals surface area contributed by atoms with Crippen molar-refractivity contribution in [3.63, 3.8) is 0 Å². The van der Waals surface area contributed by atoms with Gasteiger partial charge >= 0.3 is 0 Å². The number of para-hydroxylation sites is 1. The summed E-state index contributed by atoms with van der Waals surface area (Å²) in [6.45, 7) is 0.931. The Morgan fingerprint density at radius 3 is 3.00 bits per heavy atom. The second-order valence-corrected chi connectivity index (χ2v) is 6.42. The number of nitrogens with zero attached hydrogens (tertiary/aromatic N) is 3. The highest BCUT2D eigenvalue weighted by atomic mass is 32.2. The summed E-state index contributed by atoms with van der Waals surface area (Å²) in [5.74, 6) is 2.16. The Kier molecular flexibility index (Phi) is 4.13. The van der Waals surface area contributed by atoms with Gasteiger partial charge in [-0.1, -0.05) is 12.1 Å². The minimum Gasteiger partial charge on any atom is -0.497 e. The van der Waals surface area contributed by atoms with E-state index in [-0.39, 0.29) is 0 Å². The summed E-state index contributed by atoms with van der Waals surface area (Å²) in [5.41, 5.74) is 2.74. The molecule has 2 heterocycles. The SMILES string of the molecule is COc1ccc2nc(CSc3ccccc3N3CCC=N3)oc2c1. The van der Waals surface area contributed by atoms with Crippen LogP contribution in [0.5, 0.6) is 5.75 Å². The molecule has 24 heavy (non-hydrogen) atoms. The predicted octanol–water partition coefficient (Wildman–Crippen LogP) is 4.32. The summed E-state index contributed by atoms with van der Waals surface area (Å²) < 4.78 is 11.1. The zero-order valence-corrected chi connectivity index (χ0v) is 14.1. The molecule has 122 valence electrons. The van der Waals surface area contributed by atoms with Gasteiger partial charge in [0.05, 0.1) is 18.6 Å². The van der Waals surface area contributed by atoms with E-state index >= 15 is 0 Å². The van der Waals surface area contributed by atoms with Gasteiger partial charge in [-0.15, -0.1) is 11.8 Å². The number of hydrazone groups is 1. The van der Waals surface area contributed by atoms with Crippen molar-refractivity contribution in [3.8, 4) is 5.75 Å². The molecule has 4 rings (SSSR count). The molecule has 0 amide bonds. The number of aromatic nitrogens is 1. The molecule has 6 heteroatoms. The average molecular weight is 339 g/mol. The van der Waals surface area contributed by atoms with Crippen molar-refractivity contribution < 1.29 is 9.15 Å². The van der Waals surface area contributed by atoms with E-state index in [1.54, 1.807) is 18.9 Å². The third-order valence-corrected chi connectivity index (χ3v) is 4.87. The molecule has 0 saturated heterocycles. The number of ether oxygens (including phenoxy) is 1. The lowest BCUT2D eigenvalue weighted by Crippen LogP contribution is -2.12. The standard InChI is InChI=1S/C18H17N3O2S/c1-22-13-7-8-14-16(11-13)23-18(20-14)12-24-17-6-3-2-5-15(17)21-10-4-9-19-21/h2-3,5-9,11H,4,10,12H2,1H3. The quantitative estimate of drug-likeness (QED) is 0.648. The maximum absolute atomic E-state index is 5.84. The van der Waals surface area contributed by atoms with Crippen LogP contribution in [0, 0.1) is 0 Å². The second kappa shape index (κ2) is 6.57. The largest absolute Gasteiger partial charge is 0.497 e. The Morgan fingerprint density at radius 1 is 1.25 bits per heavy atom. The van der Waals surface area contributed by atoms with Gasteiger partial charge < -0.3 is 9.15 Å². The van der Waals surface area contributed by atoms with E-state index < -0.39 is 0 Å². The van der Waals surface area contributed by atoms with Crippen molar-refractivity contribution in [2.75, 3.05) is 18.7 Å². The fraction of sp³-hybridized carbons (Fsp3) is 0.222. The lowest BCUT2D eigenvalue weighted by atomic mass is 10.3. The number of fused-ring (bicyclic) bond motifs is 1. The Bertz CT molecular complexity index is 891. The van der Waals surface area contributed by atoms with Gasteiger partial charge in [-0.25, -0.2) is 4.98 Å². The zero-order chi connectivity index (χ0) is 16.4. The number of anilines is 1. The van der Waals surface area contributed by atoms with E-state index in [0.717, 1.165) is 35.5 Å². The van der Waals surface area contributed by atoms with Crippen LogP contribution >= 0.6 is 11.8 Å². The number of oxazole rings is 1. The maximum atomic E-state index is 5.84. The molecule has 1 aliphatic heterocycles. The van der Waals surface area contributed by atoms with Crippen LogP contribution in [0.3, 0.4) is 0 Å². The molecule has 2 aromatic carbocycles. The second-order valence-electron chi connectivity index (χ2n) is 5.41. The molecule has 5 nitrogen and oxygen atoms in total. The first-order chi connectivity index (χ1) is 11.8. The van der Waals surface area contributed by atoms with E-state index in [9.17, 15) is 0 Å². The van der Waals surface area contributed by atoms with Gasteiger partial charge in [-0.2, -0.15) is 5.10 Å². The van der Waals surface area contributed by atoms with Crippen molar-refractivity contribution in [2.45, 2.75) is 17.1 Å². The number of methoxy groups -OCH3 is 1. The van der Waals surface area contributed by atoms with Gasteiger partial charge in [-0.3, -0.25) is 5.01 Å². The first-order valence-electron chi connectivity index (χ1n) is 7.79. The molecule has 0 N–H and O–H groups in total. The van der Waals surface area contributed by atoms with E-state index in [2.05, 4.69) is 22.2 Å². The van der Waals surface area contributed by atoms with Crippen molar-refractivity contribution >= 4 is 34.8 Å². The van der Waals surface area contributed by atoms with E-state index in [1.165, 1.54) is 4.90 Å². The van der Waals surface area contributed by atoms with Crippen LogP contribution < -0.4 is 9.75 Å². The molecule has 0 bridgehead atoms. The Hall–Kier alpha value is -2.47. The minimum absolute atomic E-state index is 0.672. The highest BCUT2D eigenvalue weighted by Gasteiger charge is 2.14. The lowest BCUT2D eigenvalue weighted by molar-refractivity contribution is 0.414. The fourth-order valence-corrected chi connectivity index (χ4v) is 3.55. The first-order valence-corrected chi connectivity index (χ1v) is 8.77. The lowest BCUT2D eigenvalue weighted by Gasteiger charge is -2.17. The third-order valence-electron chi connectivity index (χ3n) is 3.83. The molecule has 0 radical (unpaired) electrons. The Balaban J connectivity index is 1.54. The van der Waals surface area contributed by atoms with Crippen molar-refractivity contribution in [1.82, 2.24) is 4.98 Å². The topological polar surface area (TPSA) is 50.9 Å². The third kappa shape index (κ3) is 2.97. The zero-order valence-electron chi connectivity index (χ0n) is 13.3. The molecule has 0 atom stereocenters. The van der Waals surface area contributed by atoms with Gasteiger partial charge in [0.1, 0.15) is 11.3 Å². The molecule has 1 aromatic heterocycles. The van der Waals surface area contributed by atoms with E-state index in [1.807, 2.05) is 41.6 Å².